The number of hydrogen-bond donors (Lipinski definition) is 1. The van der Waals surface area contributed by atoms with Crippen LogP contribution in [0.4, 0.5) is 0 Å². The van der Waals surface area contributed by atoms with Crippen molar-refractivity contribution in [1.82, 2.24) is 15.1 Å². The molecule has 2 aromatic heterocycles. The van der Waals surface area contributed by atoms with E-state index in [4.69, 9.17) is 9.66 Å². The van der Waals surface area contributed by atoms with Crippen LogP contribution in [0.15, 0.2) is 39.9 Å². The highest BCUT2D eigenvalue weighted by Crippen LogP contribution is 2.30. The summed E-state index contributed by atoms with van der Waals surface area (Å²) in [7, 11) is -3.84. The van der Waals surface area contributed by atoms with Gasteiger partial charge in [0.25, 0.3) is 5.89 Å². The van der Waals surface area contributed by atoms with Crippen molar-refractivity contribution in [1.29, 1.82) is 0 Å². The fraction of sp³-hybridized carbons (Fsp3) is 0.267. The SMILES string of the molecule is CC(C)(C)c1noc(-c2nccc3c(S(N)(=O)=O)cccc23)n1. The lowest BCUT2D eigenvalue weighted by molar-refractivity contribution is 0.402. The van der Waals surface area contributed by atoms with Crippen molar-refractivity contribution in [2.24, 2.45) is 5.14 Å². The normalized spacial score (nSPS) is 12.7. The molecule has 0 saturated heterocycles. The molecule has 7 nitrogen and oxygen atoms in total. The molecule has 0 aliphatic heterocycles. The molecule has 1 aromatic carbocycles. The number of benzene rings is 1. The molecule has 0 unspecified atom stereocenters. The van der Waals surface area contributed by atoms with Gasteiger partial charge in [-0.05, 0) is 12.1 Å². The van der Waals surface area contributed by atoms with Gasteiger partial charge >= 0.3 is 0 Å². The summed E-state index contributed by atoms with van der Waals surface area (Å²) in [6.45, 7) is 5.91. The van der Waals surface area contributed by atoms with Crippen molar-refractivity contribution in [3.05, 3.63) is 36.3 Å². The van der Waals surface area contributed by atoms with Gasteiger partial charge in [-0.1, -0.05) is 38.1 Å². The molecule has 3 rings (SSSR count). The van der Waals surface area contributed by atoms with Crippen molar-refractivity contribution in [3.8, 4) is 11.6 Å². The summed E-state index contributed by atoms with van der Waals surface area (Å²) in [5.74, 6) is 0.793. The zero-order chi connectivity index (χ0) is 16.8. The molecule has 3 aromatic rings. The molecule has 2 N–H and O–H groups in total. The van der Waals surface area contributed by atoms with Gasteiger partial charge in [-0.2, -0.15) is 4.98 Å². The van der Waals surface area contributed by atoms with E-state index in [1.165, 1.54) is 12.3 Å². The highest BCUT2D eigenvalue weighted by Gasteiger charge is 2.23. The second kappa shape index (κ2) is 5.10. The van der Waals surface area contributed by atoms with Gasteiger partial charge in [-0.15, -0.1) is 0 Å². The Morgan fingerprint density at radius 2 is 1.87 bits per heavy atom. The molecule has 0 atom stereocenters. The summed E-state index contributed by atoms with van der Waals surface area (Å²) in [4.78, 5) is 8.67. The van der Waals surface area contributed by atoms with E-state index in [0.717, 1.165) is 0 Å². The number of fused-ring (bicyclic) bond motifs is 1. The van der Waals surface area contributed by atoms with E-state index in [1.54, 1.807) is 18.2 Å². The second-order valence-electron chi connectivity index (χ2n) is 6.23. The summed E-state index contributed by atoms with van der Waals surface area (Å²) < 4.78 is 28.8. The van der Waals surface area contributed by atoms with Crippen LogP contribution in [0, 0.1) is 0 Å². The monoisotopic (exact) mass is 332 g/mol. The Morgan fingerprint density at radius 3 is 2.48 bits per heavy atom. The molecule has 0 aliphatic carbocycles. The van der Waals surface area contributed by atoms with E-state index in [-0.39, 0.29) is 16.2 Å². The van der Waals surface area contributed by atoms with Crippen LogP contribution in [0.3, 0.4) is 0 Å². The largest absolute Gasteiger partial charge is 0.332 e. The van der Waals surface area contributed by atoms with Crippen molar-refractivity contribution >= 4 is 20.8 Å². The topological polar surface area (TPSA) is 112 Å². The molecule has 8 heteroatoms. The van der Waals surface area contributed by atoms with Gasteiger partial charge in [0.15, 0.2) is 5.82 Å². The molecule has 0 aliphatic rings. The van der Waals surface area contributed by atoms with Crippen molar-refractivity contribution in [2.45, 2.75) is 31.1 Å². The van der Waals surface area contributed by atoms with Crippen LogP contribution in [0.2, 0.25) is 0 Å². The standard InChI is InChI=1S/C15H16N4O3S/c1-15(2,3)14-18-13(22-19-14)12-10-5-4-6-11(23(16,20)21)9(10)7-8-17-12/h4-8H,1-3H3,(H2,16,20,21). The Hall–Kier alpha value is -2.32. The maximum absolute atomic E-state index is 11.7. The van der Waals surface area contributed by atoms with Crippen molar-refractivity contribution in [2.75, 3.05) is 0 Å². The number of hydrogen-bond acceptors (Lipinski definition) is 6. The lowest BCUT2D eigenvalue weighted by Gasteiger charge is -2.11. The van der Waals surface area contributed by atoms with Gasteiger partial charge in [0.1, 0.15) is 5.69 Å². The molecular formula is C15H16N4O3S. The minimum absolute atomic E-state index is 0.0363. The zero-order valence-electron chi connectivity index (χ0n) is 12.9. The van der Waals surface area contributed by atoms with E-state index in [9.17, 15) is 8.42 Å². The fourth-order valence-corrected chi connectivity index (χ4v) is 2.97. The van der Waals surface area contributed by atoms with Gasteiger partial charge in [0, 0.05) is 22.4 Å². The van der Waals surface area contributed by atoms with Gasteiger partial charge < -0.3 is 4.52 Å². The third kappa shape index (κ3) is 2.82. The summed E-state index contributed by atoms with van der Waals surface area (Å²) in [6.07, 6.45) is 1.49. The van der Waals surface area contributed by atoms with E-state index >= 15 is 0 Å². The Labute approximate surface area is 133 Å². The van der Waals surface area contributed by atoms with E-state index in [2.05, 4.69) is 15.1 Å². The first-order chi connectivity index (χ1) is 10.7. The fourth-order valence-electron chi connectivity index (χ4n) is 2.22. The first kappa shape index (κ1) is 15.6. The van der Waals surface area contributed by atoms with E-state index < -0.39 is 10.0 Å². The highest BCUT2D eigenvalue weighted by molar-refractivity contribution is 7.89. The Bertz CT molecular complexity index is 987. The smallest absolute Gasteiger partial charge is 0.277 e. The van der Waals surface area contributed by atoms with Crippen molar-refractivity contribution in [3.63, 3.8) is 0 Å². The molecule has 0 bridgehead atoms. The average molecular weight is 332 g/mol. The number of aromatic nitrogens is 3. The minimum Gasteiger partial charge on any atom is -0.332 e. The lowest BCUT2D eigenvalue weighted by Crippen LogP contribution is -2.13. The Balaban J connectivity index is 2.26. The average Bonchev–Trinajstić information content (AvgIpc) is 2.94. The van der Waals surface area contributed by atoms with Crippen LogP contribution in [0.25, 0.3) is 22.4 Å². The maximum Gasteiger partial charge on any atom is 0.277 e. The molecule has 0 radical (unpaired) electrons. The maximum atomic E-state index is 11.7. The van der Waals surface area contributed by atoms with Crippen LogP contribution < -0.4 is 5.14 Å². The molecule has 0 saturated carbocycles. The van der Waals surface area contributed by atoms with Crippen LogP contribution in [-0.4, -0.2) is 23.5 Å². The quantitative estimate of drug-likeness (QED) is 0.770. The summed E-state index contributed by atoms with van der Waals surface area (Å²) in [6, 6.07) is 6.40. The van der Waals surface area contributed by atoms with Crippen LogP contribution >= 0.6 is 0 Å². The van der Waals surface area contributed by atoms with Crippen LogP contribution in [0.5, 0.6) is 0 Å². The van der Waals surface area contributed by atoms with Gasteiger partial charge in [0.2, 0.25) is 10.0 Å². The predicted molar refractivity (Wildman–Crippen MR) is 85.1 cm³/mol. The molecule has 2 heterocycles. The van der Waals surface area contributed by atoms with Crippen molar-refractivity contribution < 1.29 is 12.9 Å². The second-order valence-corrected chi connectivity index (χ2v) is 7.76. The van der Waals surface area contributed by atoms with Crippen LogP contribution in [-0.2, 0) is 15.4 Å². The first-order valence-corrected chi connectivity index (χ1v) is 8.47. The molecule has 120 valence electrons. The van der Waals surface area contributed by atoms with E-state index in [0.29, 0.717) is 22.3 Å². The number of nitrogens with zero attached hydrogens (tertiary/aromatic N) is 3. The van der Waals surface area contributed by atoms with E-state index in [1.807, 2.05) is 20.8 Å². The molecule has 0 amide bonds. The third-order valence-corrected chi connectivity index (χ3v) is 4.34. The number of pyridine rings is 1. The first-order valence-electron chi connectivity index (χ1n) is 6.93. The number of rotatable bonds is 2. The summed E-state index contributed by atoms with van der Waals surface area (Å²) in [5, 5.41) is 10.3. The number of sulfonamides is 1. The van der Waals surface area contributed by atoms with Gasteiger partial charge in [0.05, 0.1) is 4.90 Å². The molecule has 23 heavy (non-hydrogen) atoms. The number of primary sulfonamides is 1. The van der Waals surface area contributed by atoms with Crippen LogP contribution in [0.1, 0.15) is 26.6 Å². The Morgan fingerprint density at radius 1 is 1.13 bits per heavy atom. The lowest BCUT2D eigenvalue weighted by atomic mass is 9.96. The number of nitrogens with two attached hydrogens (primary N) is 1. The summed E-state index contributed by atoms with van der Waals surface area (Å²) >= 11 is 0. The molecule has 0 spiro atoms. The van der Waals surface area contributed by atoms with Gasteiger partial charge in [-0.25, -0.2) is 13.6 Å². The highest BCUT2D eigenvalue weighted by atomic mass is 32.2. The zero-order valence-corrected chi connectivity index (χ0v) is 13.8. The Kier molecular flexibility index (Phi) is 3.46. The minimum atomic E-state index is -3.84. The molecule has 0 fully saturated rings. The molecular weight excluding hydrogens is 316 g/mol. The third-order valence-electron chi connectivity index (χ3n) is 3.37. The predicted octanol–water partition coefficient (Wildman–Crippen LogP) is 2.23. The summed E-state index contributed by atoms with van der Waals surface area (Å²) in [5.41, 5.74) is 0.161. The van der Waals surface area contributed by atoms with Gasteiger partial charge in [-0.3, -0.25) is 4.98 Å².